The minimum Gasteiger partial charge on any atom is -0.463 e. The quantitative estimate of drug-likeness (QED) is 0.644. The van der Waals surface area contributed by atoms with E-state index in [1.165, 1.54) is 18.3 Å². The van der Waals surface area contributed by atoms with Crippen LogP contribution in [0.1, 0.15) is 32.4 Å². The largest absolute Gasteiger partial charge is 0.463 e. The minimum atomic E-state index is -1.73. The molecule has 0 fully saturated rings. The van der Waals surface area contributed by atoms with Crippen LogP contribution in [0.15, 0.2) is 48.5 Å². The van der Waals surface area contributed by atoms with Gasteiger partial charge in [0.2, 0.25) is 5.79 Å². The van der Waals surface area contributed by atoms with Crippen molar-refractivity contribution in [1.29, 1.82) is 0 Å². The van der Waals surface area contributed by atoms with Crippen molar-refractivity contribution in [2.75, 3.05) is 5.32 Å². The van der Waals surface area contributed by atoms with Crippen LogP contribution in [0, 0.1) is 5.92 Å². The lowest BCUT2D eigenvalue weighted by Crippen LogP contribution is -2.53. The van der Waals surface area contributed by atoms with Crippen LogP contribution in [0.25, 0.3) is 10.2 Å². The van der Waals surface area contributed by atoms with Gasteiger partial charge >= 0.3 is 5.97 Å². The van der Waals surface area contributed by atoms with Gasteiger partial charge in [0.05, 0.1) is 22.4 Å². The van der Waals surface area contributed by atoms with E-state index in [0.29, 0.717) is 10.9 Å². The zero-order valence-corrected chi connectivity index (χ0v) is 16.7. The maximum atomic E-state index is 12.9. The van der Waals surface area contributed by atoms with Crippen molar-refractivity contribution >= 4 is 32.7 Å². The van der Waals surface area contributed by atoms with Gasteiger partial charge in [-0.25, -0.2) is 4.98 Å². The van der Waals surface area contributed by atoms with Crippen molar-refractivity contribution in [3.63, 3.8) is 0 Å². The van der Waals surface area contributed by atoms with E-state index in [1.807, 2.05) is 42.5 Å². The number of thiazole rings is 1. The molecule has 28 heavy (non-hydrogen) atoms. The molecule has 4 rings (SSSR count). The highest BCUT2D eigenvalue weighted by Gasteiger charge is 2.51. The Labute approximate surface area is 167 Å². The number of fused-ring (bicyclic) bond motifs is 2. The number of carbonyl (C=O) groups excluding carboxylic acids is 1. The zero-order chi connectivity index (χ0) is 19.9. The average Bonchev–Trinajstić information content (AvgIpc) is 3.02. The van der Waals surface area contributed by atoms with Crippen LogP contribution in [0.4, 0.5) is 5.13 Å². The predicted octanol–water partition coefficient (Wildman–Crippen LogP) is 4.12. The highest BCUT2D eigenvalue weighted by atomic mass is 32.1. The molecule has 1 aliphatic rings. The van der Waals surface area contributed by atoms with E-state index in [2.05, 4.69) is 10.3 Å². The lowest BCUT2D eigenvalue weighted by Gasteiger charge is -2.42. The molecule has 0 bridgehead atoms. The Morgan fingerprint density at radius 3 is 2.71 bits per heavy atom. The molecule has 6 nitrogen and oxygen atoms in total. The van der Waals surface area contributed by atoms with Gasteiger partial charge in [0.25, 0.3) is 0 Å². The lowest BCUT2D eigenvalue weighted by atomic mass is 9.83. The molecule has 0 unspecified atom stereocenters. The molecule has 0 amide bonds. The van der Waals surface area contributed by atoms with E-state index in [-0.39, 0.29) is 6.10 Å². The van der Waals surface area contributed by atoms with Gasteiger partial charge < -0.3 is 19.9 Å². The summed E-state index contributed by atoms with van der Waals surface area (Å²) in [5, 5.41) is 15.0. The van der Waals surface area contributed by atoms with Gasteiger partial charge in [-0.1, -0.05) is 41.7 Å². The topological polar surface area (TPSA) is 80.7 Å². The third-order valence-corrected chi connectivity index (χ3v) is 5.63. The number of aromatic nitrogens is 1. The molecule has 0 aliphatic carbocycles. The van der Waals surface area contributed by atoms with E-state index in [4.69, 9.17) is 9.47 Å². The molecular weight excluding hydrogens is 376 g/mol. The fraction of sp³-hybridized carbons (Fsp3) is 0.333. The van der Waals surface area contributed by atoms with Crippen molar-refractivity contribution in [2.45, 2.75) is 38.7 Å². The summed E-state index contributed by atoms with van der Waals surface area (Å²) in [6.07, 6.45) is -0.302. The van der Waals surface area contributed by atoms with Gasteiger partial charge in [-0.05, 0) is 32.0 Å². The van der Waals surface area contributed by atoms with Crippen LogP contribution < -0.4 is 10.1 Å². The number of para-hydroxylation sites is 2. The fourth-order valence-corrected chi connectivity index (χ4v) is 4.40. The van der Waals surface area contributed by atoms with Crippen molar-refractivity contribution in [3.05, 3.63) is 54.1 Å². The van der Waals surface area contributed by atoms with Crippen LogP contribution in [0.2, 0.25) is 0 Å². The number of esters is 1. The molecule has 2 N–H and O–H groups in total. The smallest absolute Gasteiger partial charge is 0.318 e. The summed E-state index contributed by atoms with van der Waals surface area (Å²) >= 11 is 1.50. The average molecular weight is 398 g/mol. The number of nitrogens with one attached hydrogen (secondary N) is 1. The molecule has 0 saturated heterocycles. The molecular formula is C21H22N2O4S. The standard InChI is InChI=1S/C21H22N2O4S/c1-12(2)26-19(24)17-18(13-8-4-6-10-15(13)27-21(17,3)25)23-20-22-14-9-5-7-11-16(14)28-20/h4-12,17-18,25H,1-3H3,(H,22,23)/t17-,18-,21-/m1/s1. The molecule has 0 saturated carbocycles. The number of aliphatic hydroxyl groups is 1. The first-order chi connectivity index (χ1) is 13.3. The number of rotatable bonds is 4. The van der Waals surface area contributed by atoms with Gasteiger partial charge in [0.1, 0.15) is 11.7 Å². The first-order valence-corrected chi connectivity index (χ1v) is 10.00. The molecule has 0 spiro atoms. The van der Waals surface area contributed by atoms with Crippen LogP contribution >= 0.6 is 11.3 Å². The van der Waals surface area contributed by atoms with Crippen LogP contribution in [-0.2, 0) is 9.53 Å². The Balaban J connectivity index is 1.77. The van der Waals surface area contributed by atoms with Crippen LogP contribution in [-0.4, -0.2) is 28.0 Å². The lowest BCUT2D eigenvalue weighted by molar-refractivity contribution is -0.201. The number of benzene rings is 2. The Morgan fingerprint density at radius 1 is 1.25 bits per heavy atom. The highest BCUT2D eigenvalue weighted by Crippen LogP contribution is 2.45. The van der Waals surface area contributed by atoms with Gasteiger partial charge in [-0.15, -0.1) is 0 Å². The second kappa shape index (κ2) is 7.07. The summed E-state index contributed by atoms with van der Waals surface area (Å²) in [5.41, 5.74) is 1.65. The molecule has 2 heterocycles. The second-order valence-electron chi connectivity index (χ2n) is 7.27. The summed E-state index contributed by atoms with van der Waals surface area (Å²) in [6, 6.07) is 14.6. The third kappa shape index (κ3) is 3.43. The monoisotopic (exact) mass is 398 g/mol. The molecule has 3 aromatic rings. The Bertz CT molecular complexity index is 981. The number of nitrogens with zero attached hydrogens (tertiary/aromatic N) is 1. The Morgan fingerprint density at radius 2 is 1.96 bits per heavy atom. The van der Waals surface area contributed by atoms with Crippen molar-refractivity contribution in [1.82, 2.24) is 4.98 Å². The number of ether oxygens (including phenoxy) is 2. The third-order valence-electron chi connectivity index (χ3n) is 4.66. The van der Waals surface area contributed by atoms with E-state index in [0.717, 1.165) is 15.8 Å². The molecule has 3 atom stereocenters. The summed E-state index contributed by atoms with van der Waals surface area (Å²) in [4.78, 5) is 17.5. The normalized spacial score (nSPS) is 23.9. The van der Waals surface area contributed by atoms with E-state index >= 15 is 0 Å². The summed E-state index contributed by atoms with van der Waals surface area (Å²) in [7, 11) is 0. The van der Waals surface area contributed by atoms with Crippen molar-refractivity contribution in [2.24, 2.45) is 5.92 Å². The molecule has 146 valence electrons. The maximum Gasteiger partial charge on any atom is 0.318 e. The molecule has 7 heteroatoms. The zero-order valence-electron chi connectivity index (χ0n) is 15.9. The van der Waals surface area contributed by atoms with Gasteiger partial charge in [-0.3, -0.25) is 4.79 Å². The SMILES string of the molecule is CC(C)OC(=O)[C@H]1[C@H](Nc2nc3ccccc3s2)c2ccccc2O[C@@]1(C)O. The van der Waals surface area contributed by atoms with E-state index in [1.54, 1.807) is 19.9 Å². The predicted molar refractivity (Wildman–Crippen MR) is 108 cm³/mol. The van der Waals surface area contributed by atoms with E-state index in [9.17, 15) is 9.90 Å². The summed E-state index contributed by atoms with van der Waals surface area (Å²) < 4.78 is 12.2. The van der Waals surface area contributed by atoms with Gasteiger partial charge in [0.15, 0.2) is 5.13 Å². The number of anilines is 1. The van der Waals surface area contributed by atoms with Crippen molar-refractivity contribution < 1.29 is 19.4 Å². The van der Waals surface area contributed by atoms with Crippen LogP contribution in [0.3, 0.4) is 0 Å². The second-order valence-corrected chi connectivity index (χ2v) is 8.30. The van der Waals surface area contributed by atoms with Gasteiger partial charge in [0, 0.05) is 12.5 Å². The molecule has 1 aromatic heterocycles. The maximum absolute atomic E-state index is 12.9. The summed E-state index contributed by atoms with van der Waals surface area (Å²) in [6.45, 7) is 5.04. The highest BCUT2D eigenvalue weighted by molar-refractivity contribution is 7.22. The molecule has 1 aliphatic heterocycles. The van der Waals surface area contributed by atoms with Crippen LogP contribution in [0.5, 0.6) is 5.75 Å². The summed E-state index contributed by atoms with van der Waals surface area (Å²) in [5.74, 6) is -2.68. The minimum absolute atomic E-state index is 0.302. The Hall–Kier alpha value is -2.64. The van der Waals surface area contributed by atoms with E-state index < -0.39 is 23.7 Å². The first kappa shape index (κ1) is 18.7. The molecule has 0 radical (unpaired) electrons. The number of hydrogen-bond donors (Lipinski definition) is 2. The number of hydrogen-bond acceptors (Lipinski definition) is 7. The molecule has 2 aromatic carbocycles. The number of carbonyl (C=O) groups is 1. The Kier molecular flexibility index (Phi) is 4.72. The fourth-order valence-electron chi connectivity index (χ4n) is 3.49. The van der Waals surface area contributed by atoms with Crippen molar-refractivity contribution in [3.8, 4) is 5.75 Å². The van der Waals surface area contributed by atoms with Gasteiger partial charge in [-0.2, -0.15) is 0 Å². The first-order valence-electron chi connectivity index (χ1n) is 9.18.